The van der Waals surface area contributed by atoms with Gasteiger partial charge in [0.2, 0.25) is 0 Å². The smallest absolute Gasteiger partial charge is 0.150 e. The van der Waals surface area contributed by atoms with Gasteiger partial charge in [-0.05, 0) is 31.0 Å². The van der Waals surface area contributed by atoms with Crippen molar-refractivity contribution in [3.8, 4) is 0 Å². The first kappa shape index (κ1) is 13.0. The summed E-state index contributed by atoms with van der Waals surface area (Å²) in [5.41, 5.74) is 0.260. The van der Waals surface area contributed by atoms with E-state index in [1.54, 1.807) is 18.0 Å². The number of halogens is 1. The predicted molar refractivity (Wildman–Crippen MR) is 68.5 cm³/mol. The van der Waals surface area contributed by atoms with Crippen LogP contribution in [0.15, 0.2) is 18.2 Å². The number of carbonyl (C=O) groups is 1. The van der Waals surface area contributed by atoms with E-state index in [4.69, 9.17) is 0 Å². The van der Waals surface area contributed by atoms with Gasteiger partial charge in [-0.15, -0.1) is 0 Å². The van der Waals surface area contributed by atoms with Crippen LogP contribution in [0.1, 0.15) is 36.0 Å². The van der Waals surface area contributed by atoms with Crippen LogP contribution in [0, 0.1) is 5.82 Å². The van der Waals surface area contributed by atoms with Crippen LogP contribution in [0.25, 0.3) is 0 Å². The molecular weight excluding hydrogens is 233 g/mol. The average molecular weight is 251 g/mol. The van der Waals surface area contributed by atoms with Crippen molar-refractivity contribution in [1.82, 2.24) is 0 Å². The lowest BCUT2D eigenvalue weighted by atomic mass is 10.0. The first-order valence-electron chi connectivity index (χ1n) is 6.22. The van der Waals surface area contributed by atoms with Crippen LogP contribution in [-0.4, -0.2) is 30.6 Å². The van der Waals surface area contributed by atoms with Crippen LogP contribution in [-0.2, 0) is 0 Å². The number of benzene rings is 1. The van der Waals surface area contributed by atoms with Gasteiger partial charge in [0, 0.05) is 24.8 Å². The fraction of sp³-hybridized carbons (Fsp3) is 0.500. The van der Waals surface area contributed by atoms with Gasteiger partial charge < -0.3 is 10.0 Å². The zero-order valence-corrected chi connectivity index (χ0v) is 10.5. The minimum atomic E-state index is -0.678. The third kappa shape index (κ3) is 2.88. The van der Waals surface area contributed by atoms with Crippen molar-refractivity contribution in [2.24, 2.45) is 0 Å². The normalized spacial score (nSPS) is 17.7. The molecule has 1 N–H and O–H groups in total. The average Bonchev–Trinajstić information content (AvgIpc) is 2.74. The van der Waals surface area contributed by atoms with E-state index >= 15 is 0 Å². The van der Waals surface area contributed by atoms with E-state index in [-0.39, 0.29) is 0 Å². The molecule has 0 aromatic heterocycles. The van der Waals surface area contributed by atoms with Crippen LogP contribution >= 0.6 is 0 Å². The predicted octanol–water partition coefficient (Wildman–Crippen LogP) is 2.38. The minimum absolute atomic E-state index is 0.315. The van der Waals surface area contributed by atoms with Crippen LogP contribution in [0.2, 0.25) is 0 Å². The SMILES string of the molecule is CN(CC1(O)CCCC1)c1cc(F)cc(C=O)c1. The Bertz CT molecular complexity index is 441. The van der Waals surface area contributed by atoms with Crippen molar-refractivity contribution in [1.29, 1.82) is 0 Å². The molecule has 98 valence electrons. The fourth-order valence-corrected chi connectivity index (χ4v) is 2.61. The van der Waals surface area contributed by atoms with Gasteiger partial charge in [0.1, 0.15) is 12.1 Å². The molecule has 18 heavy (non-hydrogen) atoms. The van der Waals surface area contributed by atoms with Gasteiger partial charge in [-0.1, -0.05) is 12.8 Å². The molecular formula is C14H18FNO2. The quantitative estimate of drug-likeness (QED) is 0.835. The lowest BCUT2D eigenvalue weighted by molar-refractivity contribution is 0.0559. The summed E-state index contributed by atoms with van der Waals surface area (Å²) in [6.45, 7) is 0.467. The van der Waals surface area contributed by atoms with Gasteiger partial charge >= 0.3 is 0 Å². The highest BCUT2D eigenvalue weighted by Crippen LogP contribution is 2.31. The van der Waals surface area contributed by atoms with E-state index in [0.717, 1.165) is 25.7 Å². The molecule has 0 amide bonds. The molecule has 1 fully saturated rings. The summed E-state index contributed by atoms with van der Waals surface area (Å²) in [6, 6.07) is 4.22. The zero-order chi connectivity index (χ0) is 13.2. The van der Waals surface area contributed by atoms with Crippen molar-refractivity contribution in [3.05, 3.63) is 29.6 Å². The Labute approximate surface area is 106 Å². The van der Waals surface area contributed by atoms with Crippen LogP contribution in [0.3, 0.4) is 0 Å². The first-order valence-corrected chi connectivity index (χ1v) is 6.22. The van der Waals surface area contributed by atoms with E-state index < -0.39 is 11.4 Å². The fourth-order valence-electron chi connectivity index (χ4n) is 2.61. The molecule has 3 nitrogen and oxygen atoms in total. The highest BCUT2D eigenvalue weighted by molar-refractivity contribution is 5.77. The first-order chi connectivity index (χ1) is 8.52. The number of rotatable bonds is 4. The Morgan fingerprint density at radius 1 is 1.39 bits per heavy atom. The zero-order valence-electron chi connectivity index (χ0n) is 10.5. The second-order valence-electron chi connectivity index (χ2n) is 5.15. The third-order valence-electron chi connectivity index (χ3n) is 3.55. The molecule has 0 spiro atoms. The molecule has 1 aliphatic carbocycles. The van der Waals surface area contributed by atoms with Gasteiger partial charge in [-0.2, -0.15) is 0 Å². The molecule has 0 bridgehead atoms. The monoisotopic (exact) mass is 251 g/mol. The van der Waals surface area contributed by atoms with Gasteiger partial charge in [0.05, 0.1) is 5.60 Å². The second kappa shape index (κ2) is 5.06. The van der Waals surface area contributed by atoms with Crippen molar-refractivity contribution in [3.63, 3.8) is 0 Å². The van der Waals surface area contributed by atoms with Crippen LogP contribution < -0.4 is 4.90 Å². The van der Waals surface area contributed by atoms with E-state index in [9.17, 15) is 14.3 Å². The van der Waals surface area contributed by atoms with Gasteiger partial charge in [-0.3, -0.25) is 4.79 Å². The van der Waals surface area contributed by atoms with Gasteiger partial charge in [0.15, 0.2) is 0 Å². The molecule has 1 saturated carbocycles. The number of aliphatic hydroxyl groups is 1. The highest BCUT2D eigenvalue weighted by Gasteiger charge is 2.32. The maximum Gasteiger partial charge on any atom is 0.150 e. The van der Waals surface area contributed by atoms with Crippen molar-refractivity contribution in [2.45, 2.75) is 31.3 Å². The third-order valence-corrected chi connectivity index (χ3v) is 3.55. The van der Waals surface area contributed by atoms with Crippen LogP contribution in [0.5, 0.6) is 0 Å². The molecule has 1 aromatic carbocycles. The molecule has 0 atom stereocenters. The summed E-state index contributed by atoms with van der Waals surface area (Å²) in [4.78, 5) is 12.5. The number of hydrogen-bond donors (Lipinski definition) is 1. The van der Waals surface area contributed by atoms with E-state index in [2.05, 4.69) is 0 Å². The molecule has 0 saturated heterocycles. The maximum atomic E-state index is 13.3. The standard InChI is InChI=1S/C14H18FNO2/c1-16(10-14(18)4-2-3-5-14)13-7-11(9-17)6-12(15)8-13/h6-9,18H,2-5,10H2,1H3. The molecule has 2 rings (SSSR count). The summed E-state index contributed by atoms with van der Waals surface area (Å²) in [7, 11) is 1.81. The number of carbonyl (C=O) groups excluding carboxylic acids is 1. The molecule has 1 aliphatic rings. The van der Waals surface area contributed by atoms with Crippen molar-refractivity contribution >= 4 is 12.0 Å². The maximum absolute atomic E-state index is 13.3. The molecule has 0 radical (unpaired) electrons. The van der Waals surface area contributed by atoms with Crippen LogP contribution in [0.4, 0.5) is 10.1 Å². The van der Waals surface area contributed by atoms with E-state index in [0.29, 0.717) is 24.1 Å². The molecule has 0 unspecified atom stereocenters. The lowest BCUT2D eigenvalue weighted by Gasteiger charge is -2.30. The van der Waals surface area contributed by atoms with Gasteiger partial charge in [0.25, 0.3) is 0 Å². The van der Waals surface area contributed by atoms with E-state index in [1.165, 1.54) is 12.1 Å². The lowest BCUT2D eigenvalue weighted by Crippen LogP contribution is -2.39. The van der Waals surface area contributed by atoms with E-state index in [1.807, 2.05) is 0 Å². The number of hydrogen-bond acceptors (Lipinski definition) is 3. The second-order valence-corrected chi connectivity index (χ2v) is 5.15. The molecule has 4 heteroatoms. The molecule has 0 aliphatic heterocycles. The minimum Gasteiger partial charge on any atom is -0.388 e. The summed E-state index contributed by atoms with van der Waals surface area (Å²) >= 11 is 0. The number of anilines is 1. The summed E-state index contributed by atoms with van der Waals surface area (Å²) in [5.74, 6) is -0.431. The Balaban J connectivity index is 2.15. The largest absolute Gasteiger partial charge is 0.388 e. The summed E-state index contributed by atoms with van der Waals surface area (Å²) in [6.07, 6.45) is 4.27. The van der Waals surface area contributed by atoms with Crippen molar-refractivity contribution < 1.29 is 14.3 Å². The summed E-state index contributed by atoms with van der Waals surface area (Å²) < 4.78 is 13.3. The number of nitrogens with zero attached hydrogens (tertiary/aromatic N) is 1. The Kier molecular flexibility index (Phi) is 3.66. The topological polar surface area (TPSA) is 40.5 Å². The Hall–Kier alpha value is -1.42. The Morgan fingerprint density at radius 3 is 2.67 bits per heavy atom. The molecule has 0 heterocycles. The van der Waals surface area contributed by atoms with Gasteiger partial charge in [-0.25, -0.2) is 4.39 Å². The number of likely N-dealkylation sites (N-methyl/N-ethyl adjacent to an activating group) is 1. The number of aldehydes is 1. The molecule has 1 aromatic rings. The highest BCUT2D eigenvalue weighted by atomic mass is 19.1. The summed E-state index contributed by atoms with van der Waals surface area (Å²) in [5, 5.41) is 10.3. The Morgan fingerprint density at radius 2 is 2.06 bits per heavy atom. The van der Waals surface area contributed by atoms with Crippen molar-refractivity contribution in [2.75, 3.05) is 18.5 Å².